The van der Waals surface area contributed by atoms with Crippen molar-refractivity contribution in [3.63, 3.8) is 0 Å². The number of aliphatic carboxylic acids is 1. The summed E-state index contributed by atoms with van der Waals surface area (Å²) in [7, 11) is 0. The number of nitrogens with zero attached hydrogens (tertiary/aromatic N) is 4. The first-order valence-electron chi connectivity index (χ1n) is 15.9. The van der Waals surface area contributed by atoms with Crippen LogP contribution in [0.15, 0.2) is 53.8 Å². The van der Waals surface area contributed by atoms with E-state index in [1.165, 1.54) is 12.1 Å². The van der Waals surface area contributed by atoms with Crippen molar-refractivity contribution in [2.45, 2.75) is 71.6 Å². The molecule has 1 amide bonds. The smallest absolute Gasteiger partial charge is 0.416 e. The molecule has 9 nitrogen and oxygen atoms in total. The molecule has 0 bridgehead atoms. The number of carbonyl (C=O) groups excluding carboxylic acids is 1. The number of rotatable bonds is 12. The molecule has 2 N–H and O–H groups in total. The van der Waals surface area contributed by atoms with Crippen molar-refractivity contribution in [3.8, 4) is 11.1 Å². The Kier molecular flexibility index (Phi) is 10.1. The molecule has 5 rings (SSSR count). The molecular weight excluding hydrogens is 630 g/mol. The van der Waals surface area contributed by atoms with Crippen LogP contribution in [0, 0.1) is 25.6 Å². The van der Waals surface area contributed by atoms with Crippen LogP contribution in [0.5, 0.6) is 0 Å². The second kappa shape index (κ2) is 13.9. The Morgan fingerprint density at radius 3 is 2.33 bits per heavy atom. The summed E-state index contributed by atoms with van der Waals surface area (Å²) in [6.07, 6.45) is 1.87. The summed E-state index contributed by atoms with van der Waals surface area (Å²) < 4.78 is 59.0. The molecule has 0 aliphatic carbocycles. The Labute approximate surface area is 275 Å². The minimum atomic E-state index is -4.75. The van der Waals surface area contributed by atoms with Crippen LogP contribution in [0.2, 0.25) is 0 Å². The molecule has 1 aromatic carbocycles. The molecule has 13 heteroatoms. The molecule has 3 aromatic heterocycles. The number of benzene rings is 1. The number of alkyl halides is 3. The zero-order valence-electron chi connectivity index (χ0n) is 27.3. The number of imidazole rings is 1. The molecular formula is C35H39F4N5O4. The number of aryl methyl sites for hydroxylation is 2. The zero-order valence-corrected chi connectivity index (χ0v) is 27.3. The van der Waals surface area contributed by atoms with Gasteiger partial charge in [-0.1, -0.05) is 13.8 Å². The van der Waals surface area contributed by atoms with Crippen molar-refractivity contribution in [3.05, 3.63) is 93.0 Å². The first kappa shape index (κ1) is 34.8. The Morgan fingerprint density at radius 1 is 1.06 bits per heavy atom. The number of nitrogens with one attached hydrogen (secondary N) is 1. The Hall–Kier alpha value is -4.52. The Morgan fingerprint density at radius 2 is 1.75 bits per heavy atom. The summed E-state index contributed by atoms with van der Waals surface area (Å²) in [6.45, 7) is 9.11. The minimum absolute atomic E-state index is 0.0443. The van der Waals surface area contributed by atoms with Crippen LogP contribution < -0.4 is 10.9 Å². The number of hydrogen-bond acceptors (Lipinski definition) is 5. The lowest BCUT2D eigenvalue weighted by atomic mass is 9.93. The van der Waals surface area contributed by atoms with Gasteiger partial charge in [0.05, 0.1) is 18.0 Å². The lowest BCUT2D eigenvalue weighted by Gasteiger charge is -2.31. The van der Waals surface area contributed by atoms with Gasteiger partial charge in [0, 0.05) is 43.0 Å². The van der Waals surface area contributed by atoms with Gasteiger partial charge in [-0.15, -0.1) is 0 Å². The summed E-state index contributed by atoms with van der Waals surface area (Å²) in [4.78, 5) is 45.9. The third-order valence-corrected chi connectivity index (χ3v) is 8.82. The molecule has 0 unspecified atom stereocenters. The monoisotopic (exact) mass is 669 g/mol. The molecule has 1 fully saturated rings. The van der Waals surface area contributed by atoms with Gasteiger partial charge in [-0.3, -0.25) is 14.4 Å². The van der Waals surface area contributed by atoms with Gasteiger partial charge in [0.15, 0.2) is 0 Å². The number of carboxylic acid groups (broad SMARTS) is 1. The standard InChI is InChI=1S/C35H39F4N5O4/c1-20(2)12-29(44-19-23(6-10-42-8-5-9-42)27(16-30(44)45)35(37,38)39)34(48)41-28(17-31(46)47)24-15-26(33-40-7-11-43(33)18-24)32-21(3)13-25(36)14-22(32)4/h7,11,13-16,18-20,28-29H,5-6,8-10,12,17H2,1-4H3,(H,41,48)(H,46,47)/t28-,29-/m0/s1. The van der Waals surface area contributed by atoms with Gasteiger partial charge in [0.2, 0.25) is 5.91 Å². The van der Waals surface area contributed by atoms with Crippen molar-refractivity contribution >= 4 is 17.5 Å². The van der Waals surface area contributed by atoms with Crippen LogP contribution in [-0.2, 0) is 22.2 Å². The summed E-state index contributed by atoms with van der Waals surface area (Å²) >= 11 is 0. The molecule has 1 aliphatic rings. The summed E-state index contributed by atoms with van der Waals surface area (Å²) in [6, 6.07) is 2.73. The molecule has 0 saturated carbocycles. The number of aromatic nitrogens is 3. The van der Waals surface area contributed by atoms with Crippen molar-refractivity contribution in [1.82, 2.24) is 24.2 Å². The predicted molar refractivity (Wildman–Crippen MR) is 172 cm³/mol. The van der Waals surface area contributed by atoms with Gasteiger partial charge < -0.3 is 24.3 Å². The molecule has 2 atom stereocenters. The van der Waals surface area contributed by atoms with E-state index >= 15 is 0 Å². The number of likely N-dealkylation sites (tertiary alicyclic amines) is 1. The van der Waals surface area contributed by atoms with Crippen molar-refractivity contribution in [1.29, 1.82) is 0 Å². The fourth-order valence-electron chi connectivity index (χ4n) is 6.44. The first-order chi connectivity index (χ1) is 22.6. The molecule has 0 radical (unpaired) electrons. The Balaban J connectivity index is 1.56. The van der Waals surface area contributed by atoms with E-state index in [0.717, 1.165) is 30.3 Å². The van der Waals surface area contributed by atoms with E-state index in [0.29, 0.717) is 46.1 Å². The maximum absolute atomic E-state index is 14.2. The van der Waals surface area contributed by atoms with Gasteiger partial charge in [0.25, 0.3) is 5.56 Å². The largest absolute Gasteiger partial charge is 0.481 e. The number of carbonyl (C=O) groups is 2. The zero-order chi connectivity index (χ0) is 34.9. The number of pyridine rings is 2. The van der Waals surface area contributed by atoms with E-state index in [1.807, 2.05) is 18.7 Å². The Bertz CT molecular complexity index is 1870. The average Bonchev–Trinajstić information content (AvgIpc) is 3.43. The maximum atomic E-state index is 14.2. The van der Waals surface area contributed by atoms with E-state index in [4.69, 9.17) is 0 Å². The van der Waals surface area contributed by atoms with Gasteiger partial charge in [0.1, 0.15) is 17.5 Å². The highest BCUT2D eigenvalue weighted by Gasteiger charge is 2.36. The number of hydrogen-bond donors (Lipinski definition) is 2. The van der Waals surface area contributed by atoms with Crippen LogP contribution in [-0.4, -0.2) is 55.5 Å². The lowest BCUT2D eigenvalue weighted by molar-refractivity contribution is -0.139. The molecule has 48 heavy (non-hydrogen) atoms. The number of fused-ring (bicyclic) bond motifs is 1. The molecule has 1 saturated heterocycles. The van der Waals surface area contributed by atoms with Crippen LogP contribution in [0.25, 0.3) is 16.8 Å². The maximum Gasteiger partial charge on any atom is 0.416 e. The number of amides is 1. The van der Waals surface area contributed by atoms with Crippen molar-refractivity contribution in [2.24, 2.45) is 5.92 Å². The second-order valence-corrected chi connectivity index (χ2v) is 13.0. The van der Waals surface area contributed by atoms with Gasteiger partial charge in [-0.2, -0.15) is 13.2 Å². The second-order valence-electron chi connectivity index (χ2n) is 13.0. The lowest BCUT2D eigenvalue weighted by Crippen LogP contribution is -2.41. The van der Waals surface area contributed by atoms with Gasteiger partial charge in [-0.05, 0) is 98.1 Å². The van der Waals surface area contributed by atoms with Crippen molar-refractivity contribution in [2.75, 3.05) is 19.6 Å². The van der Waals surface area contributed by atoms with Crippen molar-refractivity contribution < 1.29 is 32.3 Å². The third kappa shape index (κ3) is 7.61. The third-order valence-electron chi connectivity index (χ3n) is 8.82. The highest BCUT2D eigenvalue weighted by molar-refractivity contribution is 5.84. The predicted octanol–water partition coefficient (Wildman–Crippen LogP) is 6.11. The molecule has 0 spiro atoms. The van der Waals surface area contributed by atoms with Crippen LogP contribution in [0.4, 0.5) is 17.6 Å². The SMILES string of the molecule is Cc1cc(F)cc(C)c1-c1cc([C@H](CC(=O)O)NC(=O)[C@H](CC(C)C)n2cc(CCN3CCC3)c(C(F)(F)F)cc2=O)cn2ccnc12. The average molecular weight is 670 g/mol. The van der Waals surface area contributed by atoms with Crippen LogP contribution in [0.1, 0.15) is 73.0 Å². The summed E-state index contributed by atoms with van der Waals surface area (Å²) in [5.41, 5.74) is 1.44. The van der Waals surface area contributed by atoms with E-state index < -0.39 is 53.5 Å². The fourth-order valence-corrected chi connectivity index (χ4v) is 6.44. The summed E-state index contributed by atoms with van der Waals surface area (Å²) in [5.74, 6) is -2.46. The highest BCUT2D eigenvalue weighted by Crippen LogP contribution is 2.35. The number of halogens is 4. The minimum Gasteiger partial charge on any atom is -0.481 e. The quantitative estimate of drug-likeness (QED) is 0.177. The van der Waals surface area contributed by atoms with E-state index in [9.17, 15) is 37.1 Å². The van der Waals surface area contributed by atoms with E-state index in [1.54, 1.807) is 42.9 Å². The highest BCUT2D eigenvalue weighted by atomic mass is 19.4. The van der Waals surface area contributed by atoms with Crippen LogP contribution in [0.3, 0.4) is 0 Å². The fraction of sp³-hybridized carbons (Fsp3) is 0.429. The van der Waals surface area contributed by atoms with E-state index in [2.05, 4.69) is 10.3 Å². The first-order valence-corrected chi connectivity index (χ1v) is 15.9. The van der Waals surface area contributed by atoms with Gasteiger partial charge >= 0.3 is 12.1 Å². The molecule has 256 valence electrons. The van der Waals surface area contributed by atoms with Crippen LogP contribution >= 0.6 is 0 Å². The molecule has 4 heterocycles. The molecule has 4 aromatic rings. The summed E-state index contributed by atoms with van der Waals surface area (Å²) in [5, 5.41) is 12.7. The topological polar surface area (TPSA) is 109 Å². The number of carboxylic acids is 1. The molecule has 1 aliphatic heterocycles. The normalized spacial score (nSPS) is 15.0. The van der Waals surface area contributed by atoms with Gasteiger partial charge in [-0.25, -0.2) is 9.37 Å². The van der Waals surface area contributed by atoms with E-state index in [-0.39, 0.29) is 24.3 Å².